The molecule has 0 fully saturated rings. The summed E-state index contributed by atoms with van der Waals surface area (Å²) >= 11 is 0. The number of carbonyl (C=O) groups excluding carboxylic acids is 5. The summed E-state index contributed by atoms with van der Waals surface area (Å²) in [6.45, 7) is 16.1. The summed E-state index contributed by atoms with van der Waals surface area (Å²) in [5.41, 5.74) is 20.8. The number of carbonyl (C=O) groups is 5. The molecule has 0 aliphatic carbocycles. The molecule has 1 aliphatic heterocycles. The molecule has 1 amide bonds. The minimum absolute atomic E-state index is 0.0545. The van der Waals surface area contributed by atoms with Gasteiger partial charge in [-0.25, -0.2) is 0 Å². The molecule has 0 bridgehead atoms. The first-order chi connectivity index (χ1) is 57.9. The number of Topliss-reactive ketones (excluding diaryl/α,β-unsaturated/α-hetero) is 3. The van der Waals surface area contributed by atoms with Gasteiger partial charge in [0.25, 0.3) is 5.91 Å². The van der Waals surface area contributed by atoms with Crippen molar-refractivity contribution >= 4 is 137 Å². The zero-order valence-electron chi connectivity index (χ0n) is 73.4. The lowest BCUT2D eigenvalue weighted by Crippen LogP contribution is -2.32. The average molecular weight is 1810 g/mol. The van der Waals surface area contributed by atoms with E-state index in [1.165, 1.54) is 30.4 Å². The monoisotopic (exact) mass is 1810 g/mol. The van der Waals surface area contributed by atoms with Gasteiger partial charge in [0.2, 0.25) is 5.78 Å². The molecule has 0 saturated heterocycles. The highest BCUT2D eigenvalue weighted by atomic mass is 33.1. The molecular formula is C97H157N5O6S10. The number of hydrogen-bond donors (Lipinski definition) is 5. The summed E-state index contributed by atoms with van der Waals surface area (Å²) < 4.78 is 5.77. The van der Waals surface area contributed by atoms with Crippen molar-refractivity contribution in [2.24, 2.45) is 22.9 Å². The van der Waals surface area contributed by atoms with Crippen LogP contribution in [0.2, 0.25) is 0 Å². The summed E-state index contributed by atoms with van der Waals surface area (Å²) in [6.07, 6.45) is 98.1. The SMILES string of the molecule is CC/C=C\C/C=C\C/C=C\C/C=C\C/C=C\CCCC(=O)CCCSSCCC.CC/C=C\C/C=C\C/C=C\C/C=C\C/C=C\CCCC(=O)CCCSSCCN.CC/C=C\C/C=C\C/C=C\C/C=C\C/C=C\CCCC(=O)CCCSSCCNC(=O)C1=CC(=O)C(C)(c2ccccc2)O1.CCCSSCCN.NCCSSCCN. The van der Waals surface area contributed by atoms with Gasteiger partial charge in [-0.3, -0.25) is 24.0 Å². The molecule has 1 aromatic rings. The number of ether oxygens (including phenoxy) is 1. The normalized spacial score (nSPS) is 13.9. The van der Waals surface area contributed by atoms with Crippen molar-refractivity contribution in [3.05, 3.63) is 230 Å². The Bertz CT molecular complexity index is 2880. The van der Waals surface area contributed by atoms with Crippen LogP contribution in [0.1, 0.15) is 253 Å². The Kier molecular flexibility index (Phi) is 103. The van der Waals surface area contributed by atoms with E-state index in [2.05, 4.69) is 222 Å². The van der Waals surface area contributed by atoms with Crippen LogP contribution in [0, 0.1) is 0 Å². The summed E-state index contributed by atoms with van der Waals surface area (Å²) in [5.74, 6) is 11.0. The van der Waals surface area contributed by atoms with E-state index in [-0.39, 0.29) is 17.4 Å². The van der Waals surface area contributed by atoms with Crippen molar-refractivity contribution in [3.8, 4) is 0 Å². The molecule has 1 unspecified atom stereocenters. The largest absolute Gasteiger partial charge is 0.469 e. The number of nitrogens with one attached hydrogen (secondary N) is 1. The highest BCUT2D eigenvalue weighted by Crippen LogP contribution is 2.35. The molecule has 11 nitrogen and oxygen atoms in total. The number of amides is 1. The maximum Gasteiger partial charge on any atom is 0.286 e. The van der Waals surface area contributed by atoms with Gasteiger partial charge in [0.15, 0.2) is 11.4 Å². The Balaban J connectivity index is -0.00000157. The van der Waals surface area contributed by atoms with Gasteiger partial charge >= 0.3 is 0 Å². The Labute approximate surface area is 760 Å². The molecule has 9 N–H and O–H groups in total. The van der Waals surface area contributed by atoms with Gasteiger partial charge in [-0.15, -0.1) is 0 Å². The van der Waals surface area contributed by atoms with Crippen LogP contribution in [-0.4, -0.2) is 119 Å². The van der Waals surface area contributed by atoms with E-state index in [0.29, 0.717) is 36.7 Å². The van der Waals surface area contributed by atoms with Crippen molar-refractivity contribution in [2.75, 3.05) is 90.3 Å². The third-order valence-electron chi connectivity index (χ3n) is 15.9. The Morgan fingerprint density at radius 1 is 0.331 bits per heavy atom. The van der Waals surface area contributed by atoms with Crippen LogP contribution in [-0.2, 0) is 34.3 Å². The van der Waals surface area contributed by atoms with Crippen LogP contribution < -0.4 is 28.3 Å². The maximum atomic E-state index is 12.5. The van der Waals surface area contributed by atoms with Gasteiger partial charge in [0.1, 0.15) is 17.3 Å². The van der Waals surface area contributed by atoms with Gasteiger partial charge < -0.3 is 33.0 Å². The van der Waals surface area contributed by atoms with Gasteiger partial charge in [0.05, 0.1) is 0 Å². The molecule has 666 valence electrons. The fraction of sp³-hybridized carbons (Fsp3) is 0.557. The van der Waals surface area contributed by atoms with Gasteiger partial charge in [-0.1, -0.05) is 355 Å². The summed E-state index contributed by atoms with van der Waals surface area (Å²) in [7, 11) is 18.2. The van der Waals surface area contributed by atoms with E-state index in [4.69, 9.17) is 27.7 Å². The minimum Gasteiger partial charge on any atom is -0.469 e. The fourth-order valence-corrected chi connectivity index (χ4v) is 19.5. The molecule has 1 heterocycles. The fourth-order valence-electron chi connectivity index (χ4n) is 9.58. The molecule has 2 rings (SSSR count). The number of allylic oxidation sites excluding steroid dienone is 30. The smallest absolute Gasteiger partial charge is 0.286 e. The van der Waals surface area contributed by atoms with Crippen molar-refractivity contribution in [2.45, 2.75) is 253 Å². The third-order valence-corrected chi connectivity index (χ3v) is 28.7. The van der Waals surface area contributed by atoms with Crippen molar-refractivity contribution in [3.63, 3.8) is 0 Å². The van der Waals surface area contributed by atoms with Crippen LogP contribution in [0.4, 0.5) is 0 Å². The zero-order chi connectivity index (χ0) is 86.7. The van der Waals surface area contributed by atoms with Crippen molar-refractivity contribution in [1.29, 1.82) is 0 Å². The van der Waals surface area contributed by atoms with Crippen LogP contribution in [0.15, 0.2) is 224 Å². The molecule has 0 radical (unpaired) electrons. The topological polar surface area (TPSA) is 211 Å². The zero-order valence-corrected chi connectivity index (χ0v) is 81.5. The highest BCUT2D eigenvalue weighted by Gasteiger charge is 2.43. The number of benzene rings is 1. The molecule has 21 heteroatoms. The molecule has 1 atom stereocenters. The Hall–Kier alpha value is -3.65. The van der Waals surface area contributed by atoms with Crippen LogP contribution in [0.5, 0.6) is 0 Å². The molecule has 1 aromatic carbocycles. The van der Waals surface area contributed by atoms with Gasteiger partial charge in [-0.05, 0) is 174 Å². The lowest BCUT2D eigenvalue weighted by molar-refractivity contribution is -0.132. The van der Waals surface area contributed by atoms with Gasteiger partial charge in [-0.2, -0.15) is 0 Å². The molecule has 118 heavy (non-hydrogen) atoms. The molecule has 1 aliphatic rings. The van der Waals surface area contributed by atoms with Crippen LogP contribution in [0.25, 0.3) is 0 Å². The van der Waals surface area contributed by atoms with Crippen LogP contribution in [0.3, 0.4) is 0 Å². The number of hydrogen-bond acceptors (Lipinski definition) is 20. The average Bonchev–Trinajstić information content (AvgIpc) is 1.64. The molecular weight excluding hydrogens is 1650 g/mol. The first-order valence-corrected chi connectivity index (χ1v) is 56.0. The number of ketones is 4. The predicted molar refractivity (Wildman–Crippen MR) is 550 cm³/mol. The van der Waals surface area contributed by atoms with E-state index in [1.54, 1.807) is 60.9 Å². The third kappa shape index (κ3) is 91.6. The standard InChI is InChI=1S/C37H49NO4S2.C26H42OS2.C25H41NOS2.C5H13NS2.C4H12N2S2/c1-3-4-5-6-7-8-9-10-11-12-13-14-15-16-17-18-22-26-33(39)27-23-29-43-44-30-28-38-36(41)34-31-35(40)37(2,42-34)32-24-20-19-21-25-32;1-3-5-6-7-8-9-10-11-12-13-14-15-16-17-18-19-20-22-26(27)23-21-25-29-28-24-4-2;1-2-3-4-5-6-7-8-9-10-11-12-13-14-15-16-17-18-20-25(27)21-19-23-28-29-24-22-26;1-2-4-7-8-5-3-6;5-1-3-7-8-4-2-6/h4-5,7-8,10-11,13-14,16-17,19-21,24-25,31H,3,6,9,12,15,18,22-23,26-30H2,1-2H3,(H,38,41);5-6,8-9,11-12,14-15,17-18H,3-4,7,10,13,16,19-25H2,1-2H3;3-4,6-7,9-10,12-13,15-16H,2,5,8,11,14,17-24,26H2,1H3;2-6H2,1H3;1-6H2/b5-4-,8-7-,11-10-,14-13-,17-16-;6-5-,9-8-,12-11-,15-14-,18-17-;4-3-,7-6-,10-9-,13-12-,16-15-;;. The van der Waals surface area contributed by atoms with E-state index in [1.807, 2.05) is 84.3 Å². The highest BCUT2D eigenvalue weighted by molar-refractivity contribution is 8.77. The van der Waals surface area contributed by atoms with Crippen molar-refractivity contribution < 1.29 is 28.7 Å². The summed E-state index contributed by atoms with van der Waals surface area (Å²) in [4.78, 5) is 60.7. The lowest BCUT2D eigenvalue weighted by atomic mass is 9.92. The summed E-state index contributed by atoms with van der Waals surface area (Å²) in [5, 5.41) is 2.82. The number of rotatable bonds is 73. The lowest BCUT2D eigenvalue weighted by Gasteiger charge is -2.23. The second-order valence-electron chi connectivity index (χ2n) is 26.7. The summed E-state index contributed by atoms with van der Waals surface area (Å²) in [6, 6.07) is 9.20. The molecule has 0 saturated carbocycles. The number of nitrogens with two attached hydrogens (primary N) is 4. The predicted octanol–water partition coefficient (Wildman–Crippen LogP) is 27.8. The molecule has 0 aromatic heterocycles. The second kappa shape index (κ2) is 102. The van der Waals surface area contributed by atoms with Gasteiger partial charge in [0, 0.05) is 140 Å². The van der Waals surface area contributed by atoms with E-state index >= 15 is 0 Å². The molecule has 0 spiro atoms. The first-order valence-electron chi connectivity index (χ1n) is 43.5. The van der Waals surface area contributed by atoms with Crippen LogP contribution >= 0.6 is 108 Å². The van der Waals surface area contributed by atoms with E-state index in [9.17, 15) is 24.0 Å². The van der Waals surface area contributed by atoms with E-state index < -0.39 is 5.60 Å². The number of unbranched alkanes of at least 4 members (excludes halogenated alkanes) is 3. The second-order valence-corrected chi connectivity index (χ2v) is 40.2. The Morgan fingerprint density at radius 2 is 0.576 bits per heavy atom. The quantitative estimate of drug-likeness (QED) is 0.0233. The van der Waals surface area contributed by atoms with Crippen molar-refractivity contribution in [1.82, 2.24) is 5.32 Å². The maximum absolute atomic E-state index is 12.5. The van der Waals surface area contributed by atoms with E-state index in [0.717, 1.165) is 258 Å². The Morgan fingerprint density at radius 3 is 0.847 bits per heavy atom. The first kappa shape index (κ1) is 118. The minimum atomic E-state index is -1.16.